The largest absolute Gasteiger partial charge is 0.342 e. The van der Waals surface area contributed by atoms with Crippen LogP contribution in [0.3, 0.4) is 0 Å². The van der Waals surface area contributed by atoms with Crippen molar-refractivity contribution in [2.75, 3.05) is 0 Å². The maximum Gasteiger partial charge on any atom is 0.110 e. The van der Waals surface area contributed by atoms with Crippen molar-refractivity contribution in [2.45, 2.75) is 32.6 Å². The van der Waals surface area contributed by atoms with Gasteiger partial charge in [-0.1, -0.05) is 48.9 Å². The first kappa shape index (κ1) is 12.9. The Morgan fingerprint density at radius 1 is 1.10 bits per heavy atom. The zero-order valence-electron chi connectivity index (χ0n) is 12.1. The lowest BCUT2D eigenvalue weighted by Gasteiger charge is -2.08. The number of fused-ring (bicyclic) bond motifs is 1. The van der Waals surface area contributed by atoms with Crippen LogP contribution in [0.15, 0.2) is 48.5 Å². The number of hydrogen-bond acceptors (Lipinski definition) is 1. The molecule has 1 aromatic heterocycles. The minimum Gasteiger partial charge on any atom is -0.342 e. The molecule has 0 bridgehead atoms. The number of para-hydroxylation sites is 2. The Labute approximate surface area is 119 Å². The van der Waals surface area contributed by atoms with Crippen LogP contribution < -0.4 is 0 Å². The van der Waals surface area contributed by atoms with Crippen molar-refractivity contribution in [1.82, 2.24) is 9.97 Å². The summed E-state index contributed by atoms with van der Waals surface area (Å²) in [5.41, 5.74) is 4.93. The third-order valence-corrected chi connectivity index (χ3v) is 3.82. The molecule has 0 aliphatic rings. The van der Waals surface area contributed by atoms with Crippen molar-refractivity contribution < 1.29 is 0 Å². The van der Waals surface area contributed by atoms with Crippen molar-refractivity contribution in [2.24, 2.45) is 0 Å². The Hall–Kier alpha value is -2.09. The SMILES string of the molecule is Cc1cccc(CCC(C)c2nc3ccccc3[nH]2)c1. The third-order valence-electron chi connectivity index (χ3n) is 3.82. The topological polar surface area (TPSA) is 28.7 Å². The fraction of sp³-hybridized carbons (Fsp3) is 0.278. The maximum absolute atomic E-state index is 4.69. The molecule has 0 spiro atoms. The molecule has 1 heterocycles. The van der Waals surface area contributed by atoms with E-state index >= 15 is 0 Å². The van der Waals surface area contributed by atoms with Gasteiger partial charge in [-0.25, -0.2) is 4.98 Å². The van der Waals surface area contributed by atoms with Gasteiger partial charge in [0.1, 0.15) is 5.82 Å². The smallest absolute Gasteiger partial charge is 0.110 e. The van der Waals surface area contributed by atoms with E-state index in [0.29, 0.717) is 5.92 Å². The molecule has 1 unspecified atom stereocenters. The summed E-state index contributed by atoms with van der Waals surface area (Å²) in [7, 11) is 0. The van der Waals surface area contributed by atoms with E-state index in [1.807, 2.05) is 12.1 Å². The number of aryl methyl sites for hydroxylation is 2. The lowest BCUT2D eigenvalue weighted by atomic mass is 9.99. The van der Waals surface area contributed by atoms with Crippen LogP contribution in [-0.2, 0) is 6.42 Å². The minimum atomic E-state index is 0.447. The number of nitrogens with one attached hydrogen (secondary N) is 1. The number of aromatic amines is 1. The lowest BCUT2D eigenvalue weighted by Crippen LogP contribution is -1.98. The first-order valence-corrected chi connectivity index (χ1v) is 7.22. The van der Waals surface area contributed by atoms with Crippen LogP contribution in [0.4, 0.5) is 0 Å². The highest BCUT2D eigenvalue weighted by Gasteiger charge is 2.10. The maximum atomic E-state index is 4.69. The Morgan fingerprint density at radius 3 is 2.75 bits per heavy atom. The molecule has 1 atom stereocenters. The Kier molecular flexibility index (Phi) is 3.55. The average molecular weight is 264 g/mol. The summed E-state index contributed by atoms with van der Waals surface area (Å²) in [5, 5.41) is 0. The van der Waals surface area contributed by atoms with E-state index in [1.54, 1.807) is 0 Å². The summed E-state index contributed by atoms with van der Waals surface area (Å²) in [6, 6.07) is 17.0. The molecule has 0 saturated carbocycles. The van der Waals surface area contributed by atoms with Crippen LogP contribution >= 0.6 is 0 Å². The monoisotopic (exact) mass is 264 g/mol. The minimum absolute atomic E-state index is 0.447. The first-order valence-electron chi connectivity index (χ1n) is 7.22. The molecule has 3 aromatic rings. The highest BCUT2D eigenvalue weighted by molar-refractivity contribution is 5.74. The average Bonchev–Trinajstić information content (AvgIpc) is 2.89. The number of hydrogen-bond donors (Lipinski definition) is 1. The number of imidazole rings is 1. The van der Waals surface area contributed by atoms with Crippen LogP contribution in [-0.4, -0.2) is 9.97 Å². The summed E-state index contributed by atoms with van der Waals surface area (Å²) in [6.07, 6.45) is 2.21. The molecule has 0 amide bonds. The van der Waals surface area contributed by atoms with E-state index in [1.165, 1.54) is 11.1 Å². The number of H-pyrrole nitrogens is 1. The van der Waals surface area contributed by atoms with Crippen molar-refractivity contribution in [1.29, 1.82) is 0 Å². The second-order valence-corrected chi connectivity index (χ2v) is 5.57. The van der Waals surface area contributed by atoms with Crippen LogP contribution in [0.5, 0.6) is 0 Å². The van der Waals surface area contributed by atoms with Gasteiger partial charge in [0.05, 0.1) is 11.0 Å². The summed E-state index contributed by atoms with van der Waals surface area (Å²) >= 11 is 0. The van der Waals surface area contributed by atoms with Gasteiger partial charge >= 0.3 is 0 Å². The molecule has 1 N–H and O–H groups in total. The summed E-state index contributed by atoms with van der Waals surface area (Å²) in [5.74, 6) is 1.54. The molecule has 2 aromatic carbocycles. The Morgan fingerprint density at radius 2 is 1.95 bits per heavy atom. The van der Waals surface area contributed by atoms with Crippen molar-refractivity contribution in [3.63, 3.8) is 0 Å². The number of rotatable bonds is 4. The lowest BCUT2D eigenvalue weighted by molar-refractivity contribution is 0.648. The predicted molar refractivity (Wildman–Crippen MR) is 84.0 cm³/mol. The molecule has 102 valence electrons. The van der Waals surface area contributed by atoms with E-state index in [4.69, 9.17) is 0 Å². The van der Waals surface area contributed by atoms with Gasteiger partial charge in [0, 0.05) is 5.92 Å². The Balaban J connectivity index is 1.71. The molecule has 0 aliphatic heterocycles. The van der Waals surface area contributed by atoms with Crippen molar-refractivity contribution in [3.8, 4) is 0 Å². The number of aromatic nitrogens is 2. The molecule has 0 aliphatic carbocycles. The van der Waals surface area contributed by atoms with Gasteiger partial charge in [-0.3, -0.25) is 0 Å². The molecular formula is C18H20N2. The van der Waals surface area contributed by atoms with Gasteiger partial charge in [-0.05, 0) is 37.5 Å². The zero-order chi connectivity index (χ0) is 13.9. The van der Waals surface area contributed by atoms with Crippen LogP contribution in [0.1, 0.15) is 36.2 Å². The van der Waals surface area contributed by atoms with E-state index in [0.717, 1.165) is 29.7 Å². The zero-order valence-corrected chi connectivity index (χ0v) is 12.1. The van der Waals surface area contributed by atoms with E-state index in [-0.39, 0.29) is 0 Å². The summed E-state index contributed by atoms with van der Waals surface area (Å²) in [4.78, 5) is 8.12. The quantitative estimate of drug-likeness (QED) is 0.732. The number of benzene rings is 2. The van der Waals surface area contributed by atoms with Crippen molar-refractivity contribution >= 4 is 11.0 Å². The molecule has 2 nitrogen and oxygen atoms in total. The van der Waals surface area contributed by atoms with Gasteiger partial charge in [0.25, 0.3) is 0 Å². The van der Waals surface area contributed by atoms with Gasteiger partial charge in [0.15, 0.2) is 0 Å². The second kappa shape index (κ2) is 5.49. The fourth-order valence-electron chi connectivity index (χ4n) is 2.59. The van der Waals surface area contributed by atoms with E-state index in [9.17, 15) is 0 Å². The molecule has 0 radical (unpaired) electrons. The van der Waals surface area contributed by atoms with Crippen LogP contribution in [0.2, 0.25) is 0 Å². The molecule has 0 fully saturated rings. The summed E-state index contributed by atoms with van der Waals surface area (Å²) < 4.78 is 0. The normalized spacial score (nSPS) is 12.7. The van der Waals surface area contributed by atoms with E-state index < -0.39 is 0 Å². The highest BCUT2D eigenvalue weighted by atomic mass is 14.9. The molecule has 20 heavy (non-hydrogen) atoms. The molecule has 2 heteroatoms. The number of nitrogens with zero attached hydrogens (tertiary/aromatic N) is 1. The van der Waals surface area contributed by atoms with Crippen molar-refractivity contribution in [3.05, 3.63) is 65.5 Å². The standard InChI is InChI=1S/C18H20N2/c1-13-6-5-7-15(12-13)11-10-14(2)18-19-16-8-3-4-9-17(16)20-18/h3-9,12,14H,10-11H2,1-2H3,(H,19,20). The fourth-order valence-corrected chi connectivity index (χ4v) is 2.59. The third kappa shape index (κ3) is 2.74. The Bertz CT molecular complexity index is 679. The first-order chi connectivity index (χ1) is 9.72. The van der Waals surface area contributed by atoms with Gasteiger partial charge in [-0.2, -0.15) is 0 Å². The second-order valence-electron chi connectivity index (χ2n) is 5.57. The van der Waals surface area contributed by atoms with E-state index in [2.05, 4.69) is 60.2 Å². The van der Waals surface area contributed by atoms with Crippen LogP contribution in [0, 0.1) is 6.92 Å². The van der Waals surface area contributed by atoms with Gasteiger partial charge < -0.3 is 4.98 Å². The van der Waals surface area contributed by atoms with Crippen LogP contribution in [0.25, 0.3) is 11.0 Å². The van der Waals surface area contributed by atoms with Gasteiger partial charge in [-0.15, -0.1) is 0 Å². The predicted octanol–water partition coefficient (Wildman–Crippen LogP) is 4.61. The summed E-state index contributed by atoms with van der Waals surface area (Å²) in [6.45, 7) is 4.39. The molecular weight excluding hydrogens is 244 g/mol. The molecule has 3 rings (SSSR count). The molecule has 0 saturated heterocycles. The highest BCUT2D eigenvalue weighted by Crippen LogP contribution is 2.21. The van der Waals surface area contributed by atoms with Gasteiger partial charge in [0.2, 0.25) is 0 Å².